The summed E-state index contributed by atoms with van der Waals surface area (Å²) in [6.45, 7) is 2.09. The van der Waals surface area contributed by atoms with Crippen molar-refractivity contribution in [2.24, 2.45) is 0 Å². The minimum Gasteiger partial charge on any atom is -0.497 e. The molecule has 111 valence electrons. The van der Waals surface area contributed by atoms with Gasteiger partial charge in [-0.15, -0.1) is 0 Å². The molecular formula is C20H18ClO. The summed E-state index contributed by atoms with van der Waals surface area (Å²) in [5, 5.41) is 0.817. The van der Waals surface area contributed by atoms with Crippen LogP contribution in [-0.2, 0) is 0 Å². The minimum atomic E-state index is 0.817. The van der Waals surface area contributed by atoms with Gasteiger partial charge in [0.05, 0.1) is 7.11 Å². The number of rotatable bonds is 3. The highest BCUT2D eigenvalue weighted by molar-refractivity contribution is 6.39. The monoisotopic (exact) mass is 309 g/mol. The van der Waals surface area contributed by atoms with Crippen molar-refractivity contribution in [3.8, 4) is 5.75 Å². The van der Waals surface area contributed by atoms with Crippen molar-refractivity contribution in [3.63, 3.8) is 0 Å². The van der Waals surface area contributed by atoms with Gasteiger partial charge in [-0.3, -0.25) is 0 Å². The number of allylic oxidation sites excluding steroid dienone is 4. The smallest absolute Gasteiger partial charge is 0.118 e. The topological polar surface area (TPSA) is 9.23 Å². The van der Waals surface area contributed by atoms with Gasteiger partial charge in [-0.1, -0.05) is 59.6 Å². The third-order valence-corrected chi connectivity index (χ3v) is 4.21. The van der Waals surface area contributed by atoms with Crippen LogP contribution in [0.2, 0.25) is 0 Å². The lowest BCUT2D eigenvalue weighted by atomic mass is 9.87. The summed E-state index contributed by atoms with van der Waals surface area (Å²) in [5.41, 5.74) is 5.82. The van der Waals surface area contributed by atoms with Crippen molar-refractivity contribution in [3.05, 3.63) is 82.8 Å². The van der Waals surface area contributed by atoms with Gasteiger partial charge in [0.2, 0.25) is 0 Å². The number of hydrogen-bond acceptors (Lipinski definition) is 1. The fraction of sp³-hybridized carbons (Fsp3) is 0.150. The summed E-state index contributed by atoms with van der Waals surface area (Å²) < 4.78 is 5.24. The van der Waals surface area contributed by atoms with Gasteiger partial charge in [-0.05, 0) is 48.6 Å². The van der Waals surface area contributed by atoms with E-state index >= 15 is 0 Å². The van der Waals surface area contributed by atoms with Gasteiger partial charge in [0.1, 0.15) is 5.75 Å². The standard InChI is InChI=1S/C20H18ClO/c1-14-6-8-16(9-7-14)20-18(4-3-5-19(20)21)15-10-12-17(22-2)13-11-15/h4-13H,3H2,1-2H3. The molecule has 0 spiro atoms. The van der Waals surface area contributed by atoms with Crippen LogP contribution in [-0.4, -0.2) is 7.11 Å². The largest absolute Gasteiger partial charge is 0.497 e. The van der Waals surface area contributed by atoms with E-state index in [0.29, 0.717) is 0 Å². The third kappa shape index (κ3) is 2.95. The zero-order valence-corrected chi connectivity index (χ0v) is 13.5. The lowest BCUT2D eigenvalue weighted by molar-refractivity contribution is 0.415. The Balaban J connectivity index is 2.11. The van der Waals surface area contributed by atoms with Gasteiger partial charge in [0.25, 0.3) is 0 Å². The van der Waals surface area contributed by atoms with E-state index in [1.54, 1.807) is 7.11 Å². The number of methoxy groups -OCH3 is 1. The molecule has 0 saturated heterocycles. The summed E-state index contributed by atoms with van der Waals surface area (Å²) >= 11 is 6.52. The Hall–Kier alpha value is -1.99. The zero-order chi connectivity index (χ0) is 15.5. The molecular weight excluding hydrogens is 292 g/mol. The molecule has 0 unspecified atom stereocenters. The van der Waals surface area contributed by atoms with E-state index in [9.17, 15) is 0 Å². The molecule has 0 heterocycles. The summed E-state index contributed by atoms with van der Waals surface area (Å²) in [7, 11) is 1.68. The summed E-state index contributed by atoms with van der Waals surface area (Å²) in [4.78, 5) is 0. The van der Waals surface area contributed by atoms with Crippen molar-refractivity contribution < 1.29 is 4.74 Å². The molecule has 3 rings (SSSR count). The van der Waals surface area contributed by atoms with Gasteiger partial charge in [-0.25, -0.2) is 0 Å². The first-order chi connectivity index (χ1) is 10.7. The molecule has 1 radical (unpaired) electrons. The molecule has 1 aliphatic rings. The maximum Gasteiger partial charge on any atom is 0.118 e. The molecule has 0 fully saturated rings. The minimum absolute atomic E-state index is 0.817. The van der Waals surface area contributed by atoms with Crippen molar-refractivity contribution in [2.45, 2.75) is 13.3 Å². The summed E-state index contributed by atoms with van der Waals surface area (Å²) in [6, 6.07) is 16.6. The fourth-order valence-corrected chi connectivity index (χ4v) is 2.96. The average Bonchev–Trinajstić information content (AvgIpc) is 2.56. The Bertz CT molecular complexity index is 721. The van der Waals surface area contributed by atoms with Gasteiger partial charge in [-0.2, -0.15) is 0 Å². The summed E-state index contributed by atoms with van der Waals surface area (Å²) in [5.74, 6) is 0.860. The van der Waals surface area contributed by atoms with E-state index in [0.717, 1.165) is 33.9 Å². The van der Waals surface area contributed by atoms with E-state index in [4.69, 9.17) is 16.3 Å². The molecule has 2 aromatic rings. The second kappa shape index (κ2) is 6.41. The molecule has 1 nitrogen and oxygen atoms in total. The normalized spacial score (nSPS) is 14.8. The van der Waals surface area contributed by atoms with Gasteiger partial charge >= 0.3 is 0 Å². The van der Waals surface area contributed by atoms with Crippen LogP contribution in [0.3, 0.4) is 0 Å². The molecule has 0 aliphatic heterocycles. The molecule has 0 N–H and O–H groups in total. The molecule has 0 saturated carbocycles. The van der Waals surface area contributed by atoms with Crippen molar-refractivity contribution in [1.82, 2.24) is 0 Å². The van der Waals surface area contributed by atoms with Crippen LogP contribution in [0.5, 0.6) is 5.75 Å². The number of aryl methyl sites for hydroxylation is 1. The number of benzene rings is 2. The van der Waals surface area contributed by atoms with E-state index < -0.39 is 0 Å². The molecule has 0 atom stereocenters. The number of ether oxygens (including phenoxy) is 1. The first-order valence-corrected chi connectivity index (χ1v) is 7.72. The average molecular weight is 310 g/mol. The highest BCUT2D eigenvalue weighted by Gasteiger charge is 2.18. The number of halogens is 1. The highest BCUT2D eigenvalue weighted by Crippen LogP contribution is 2.40. The van der Waals surface area contributed by atoms with Crippen molar-refractivity contribution in [2.75, 3.05) is 7.11 Å². The lowest BCUT2D eigenvalue weighted by Crippen LogP contribution is -1.99. The lowest BCUT2D eigenvalue weighted by Gasteiger charge is -2.20. The first-order valence-electron chi connectivity index (χ1n) is 7.34. The summed E-state index contributed by atoms with van der Waals surface area (Å²) in [6.07, 6.45) is 5.14. The molecule has 0 aromatic heterocycles. The van der Waals surface area contributed by atoms with E-state index in [-0.39, 0.29) is 0 Å². The SMILES string of the molecule is COc1ccc(C2=C(c3ccc(C)cc3)C(Cl)=CC[CH]2)cc1. The predicted molar refractivity (Wildman–Crippen MR) is 93.8 cm³/mol. The van der Waals surface area contributed by atoms with E-state index in [2.05, 4.69) is 55.8 Å². The second-order valence-corrected chi connectivity index (χ2v) is 5.78. The van der Waals surface area contributed by atoms with E-state index in [1.807, 2.05) is 12.1 Å². The second-order valence-electron chi connectivity index (χ2n) is 5.38. The maximum absolute atomic E-state index is 6.52. The van der Waals surface area contributed by atoms with Crippen LogP contribution in [0.1, 0.15) is 23.1 Å². The van der Waals surface area contributed by atoms with Crippen LogP contribution in [0.4, 0.5) is 0 Å². The predicted octanol–water partition coefficient (Wildman–Crippen LogP) is 5.65. The van der Waals surface area contributed by atoms with Gasteiger partial charge < -0.3 is 4.74 Å². The van der Waals surface area contributed by atoms with Crippen LogP contribution in [0.15, 0.2) is 59.6 Å². The molecule has 0 bridgehead atoms. The highest BCUT2D eigenvalue weighted by atomic mass is 35.5. The Morgan fingerprint density at radius 3 is 2.18 bits per heavy atom. The van der Waals surface area contributed by atoms with Gasteiger partial charge in [0, 0.05) is 10.6 Å². The van der Waals surface area contributed by atoms with Crippen LogP contribution in [0.25, 0.3) is 11.1 Å². The Morgan fingerprint density at radius 1 is 0.909 bits per heavy atom. The van der Waals surface area contributed by atoms with Crippen molar-refractivity contribution in [1.29, 1.82) is 0 Å². The first kappa shape index (κ1) is 14.9. The molecule has 2 heteroatoms. The van der Waals surface area contributed by atoms with Crippen molar-refractivity contribution >= 4 is 22.7 Å². The molecule has 0 amide bonds. The van der Waals surface area contributed by atoms with Crippen LogP contribution >= 0.6 is 11.6 Å². The van der Waals surface area contributed by atoms with Crippen LogP contribution < -0.4 is 4.74 Å². The van der Waals surface area contributed by atoms with Gasteiger partial charge in [0.15, 0.2) is 0 Å². The Kier molecular flexibility index (Phi) is 4.35. The molecule has 2 aromatic carbocycles. The Labute approximate surface area is 136 Å². The maximum atomic E-state index is 6.52. The quantitative estimate of drug-likeness (QED) is 0.712. The Morgan fingerprint density at radius 2 is 1.55 bits per heavy atom. The molecule has 1 aliphatic carbocycles. The van der Waals surface area contributed by atoms with Crippen LogP contribution in [0, 0.1) is 13.3 Å². The molecule has 22 heavy (non-hydrogen) atoms. The third-order valence-electron chi connectivity index (χ3n) is 3.87. The zero-order valence-electron chi connectivity index (χ0n) is 12.8. The number of hydrogen-bond donors (Lipinski definition) is 0. The fourth-order valence-electron chi connectivity index (χ4n) is 2.66. The van der Waals surface area contributed by atoms with E-state index in [1.165, 1.54) is 11.1 Å².